The normalized spacial score (nSPS) is 18.0. The van der Waals surface area contributed by atoms with E-state index in [-0.39, 0.29) is 5.91 Å². The average Bonchev–Trinajstić information content (AvgIpc) is 2.48. The van der Waals surface area contributed by atoms with Crippen molar-refractivity contribution >= 4 is 5.91 Å². The lowest BCUT2D eigenvalue weighted by molar-refractivity contribution is -0.129. The zero-order chi connectivity index (χ0) is 14.4. The van der Waals surface area contributed by atoms with E-state index in [1.165, 1.54) is 5.56 Å². The summed E-state index contributed by atoms with van der Waals surface area (Å²) in [6, 6.07) is 11.3. The van der Waals surface area contributed by atoms with Gasteiger partial charge >= 0.3 is 0 Å². The Bertz CT molecular complexity index is 410. The lowest BCUT2D eigenvalue weighted by Crippen LogP contribution is -2.44. The van der Waals surface area contributed by atoms with Crippen molar-refractivity contribution in [1.82, 2.24) is 10.2 Å². The molecule has 0 saturated carbocycles. The number of likely N-dealkylation sites (tertiary alicyclic amines) is 1. The van der Waals surface area contributed by atoms with E-state index in [9.17, 15) is 4.79 Å². The van der Waals surface area contributed by atoms with E-state index in [0.29, 0.717) is 12.0 Å². The Kier molecular flexibility index (Phi) is 5.60. The number of carbonyl (C=O) groups is 1. The van der Waals surface area contributed by atoms with Gasteiger partial charge in [0.1, 0.15) is 0 Å². The highest BCUT2D eigenvalue weighted by Gasteiger charge is 2.20. The van der Waals surface area contributed by atoms with Gasteiger partial charge in [-0.25, -0.2) is 0 Å². The summed E-state index contributed by atoms with van der Waals surface area (Å²) in [5.74, 6) is 0.808. The topological polar surface area (TPSA) is 32.3 Å². The molecule has 1 unspecified atom stereocenters. The second kappa shape index (κ2) is 7.44. The smallest absolute Gasteiger partial charge is 0.219 e. The molecule has 1 amide bonds. The number of carbonyl (C=O) groups excluding carboxylic acids is 1. The molecule has 1 aliphatic heterocycles. The molecule has 0 aliphatic carbocycles. The van der Waals surface area contributed by atoms with Crippen LogP contribution in [0, 0.1) is 0 Å². The van der Waals surface area contributed by atoms with Crippen molar-refractivity contribution in [2.45, 2.75) is 45.1 Å². The highest BCUT2D eigenvalue weighted by atomic mass is 16.2. The van der Waals surface area contributed by atoms with Crippen LogP contribution in [0.25, 0.3) is 0 Å². The van der Waals surface area contributed by atoms with Crippen LogP contribution in [0.15, 0.2) is 30.3 Å². The molecule has 3 nitrogen and oxygen atoms in total. The molecular weight excluding hydrogens is 248 g/mol. The van der Waals surface area contributed by atoms with Crippen LogP contribution in [0.3, 0.4) is 0 Å². The molecule has 1 heterocycles. The fourth-order valence-electron chi connectivity index (χ4n) is 2.85. The number of benzene rings is 1. The highest BCUT2D eigenvalue weighted by molar-refractivity contribution is 5.73. The number of nitrogens with one attached hydrogen (secondary N) is 1. The number of hydrogen-bond donors (Lipinski definition) is 1. The third-order valence-corrected chi connectivity index (χ3v) is 4.32. The standard InChI is InChI=1S/C17H26N2O/c1-14(16-6-4-3-5-7-16)8-11-18-17-9-12-19(13-10-17)15(2)20/h3-7,14,17-18H,8-13H2,1-2H3. The summed E-state index contributed by atoms with van der Waals surface area (Å²) >= 11 is 0. The Morgan fingerprint density at radius 1 is 1.30 bits per heavy atom. The first-order valence-corrected chi connectivity index (χ1v) is 7.70. The van der Waals surface area contributed by atoms with Gasteiger partial charge in [-0.05, 0) is 37.3 Å². The Morgan fingerprint density at radius 3 is 2.55 bits per heavy atom. The highest BCUT2D eigenvalue weighted by Crippen LogP contribution is 2.18. The van der Waals surface area contributed by atoms with Crippen LogP contribution >= 0.6 is 0 Å². The van der Waals surface area contributed by atoms with Crippen molar-refractivity contribution in [3.05, 3.63) is 35.9 Å². The maximum atomic E-state index is 11.3. The number of amides is 1. The molecule has 1 fully saturated rings. The van der Waals surface area contributed by atoms with Crippen LogP contribution in [-0.4, -0.2) is 36.5 Å². The van der Waals surface area contributed by atoms with Crippen LogP contribution in [0.2, 0.25) is 0 Å². The van der Waals surface area contributed by atoms with E-state index < -0.39 is 0 Å². The maximum Gasteiger partial charge on any atom is 0.219 e. The summed E-state index contributed by atoms with van der Waals surface area (Å²) < 4.78 is 0. The lowest BCUT2D eigenvalue weighted by Gasteiger charge is -2.32. The van der Waals surface area contributed by atoms with E-state index in [2.05, 4.69) is 42.6 Å². The molecule has 0 radical (unpaired) electrons. The number of piperidine rings is 1. The van der Waals surface area contributed by atoms with E-state index in [1.807, 2.05) is 4.90 Å². The van der Waals surface area contributed by atoms with Crippen molar-refractivity contribution < 1.29 is 4.79 Å². The monoisotopic (exact) mass is 274 g/mol. The summed E-state index contributed by atoms with van der Waals surface area (Å²) in [5, 5.41) is 3.64. The zero-order valence-corrected chi connectivity index (χ0v) is 12.6. The van der Waals surface area contributed by atoms with Crippen LogP contribution in [0.1, 0.15) is 44.6 Å². The molecule has 110 valence electrons. The summed E-state index contributed by atoms with van der Waals surface area (Å²) in [7, 11) is 0. The Hall–Kier alpha value is -1.35. The van der Waals surface area contributed by atoms with Crippen molar-refractivity contribution in [3.8, 4) is 0 Å². The number of rotatable bonds is 5. The second-order valence-corrected chi connectivity index (χ2v) is 5.83. The van der Waals surface area contributed by atoms with Gasteiger partial charge in [-0.1, -0.05) is 37.3 Å². The molecule has 0 aromatic heterocycles. The minimum Gasteiger partial charge on any atom is -0.343 e. The third-order valence-electron chi connectivity index (χ3n) is 4.32. The van der Waals surface area contributed by atoms with Gasteiger partial charge < -0.3 is 10.2 Å². The summed E-state index contributed by atoms with van der Waals surface area (Å²) in [6.45, 7) is 6.81. The molecule has 1 N–H and O–H groups in total. The van der Waals surface area contributed by atoms with E-state index in [0.717, 1.165) is 38.9 Å². The Balaban J connectivity index is 1.66. The Morgan fingerprint density at radius 2 is 1.95 bits per heavy atom. The van der Waals surface area contributed by atoms with Crippen LogP contribution in [0.5, 0.6) is 0 Å². The van der Waals surface area contributed by atoms with Gasteiger partial charge in [0.05, 0.1) is 0 Å². The molecule has 1 aliphatic rings. The summed E-state index contributed by atoms with van der Waals surface area (Å²) in [5.41, 5.74) is 1.42. The first-order chi connectivity index (χ1) is 9.66. The quantitative estimate of drug-likeness (QED) is 0.895. The molecule has 1 atom stereocenters. The SMILES string of the molecule is CC(=O)N1CCC(NCCC(C)c2ccccc2)CC1. The lowest BCUT2D eigenvalue weighted by atomic mass is 9.97. The molecular formula is C17H26N2O. The largest absolute Gasteiger partial charge is 0.343 e. The first-order valence-electron chi connectivity index (χ1n) is 7.70. The van der Waals surface area contributed by atoms with E-state index in [4.69, 9.17) is 0 Å². The summed E-state index contributed by atoms with van der Waals surface area (Å²) in [6.07, 6.45) is 3.33. The van der Waals surface area contributed by atoms with Gasteiger partial charge in [0.25, 0.3) is 0 Å². The minimum atomic E-state index is 0.209. The van der Waals surface area contributed by atoms with Crippen molar-refractivity contribution in [2.24, 2.45) is 0 Å². The van der Waals surface area contributed by atoms with Gasteiger partial charge in [-0.3, -0.25) is 4.79 Å². The van der Waals surface area contributed by atoms with Crippen molar-refractivity contribution in [1.29, 1.82) is 0 Å². The van der Waals surface area contributed by atoms with Crippen LogP contribution in [0.4, 0.5) is 0 Å². The molecule has 0 spiro atoms. The fraction of sp³-hybridized carbons (Fsp3) is 0.588. The first kappa shape index (κ1) is 15.0. The Labute approximate surface area is 122 Å². The minimum absolute atomic E-state index is 0.209. The molecule has 3 heteroatoms. The van der Waals surface area contributed by atoms with E-state index in [1.54, 1.807) is 6.92 Å². The molecule has 1 aromatic rings. The predicted octanol–water partition coefficient (Wildman–Crippen LogP) is 2.78. The van der Waals surface area contributed by atoms with Crippen molar-refractivity contribution in [3.63, 3.8) is 0 Å². The molecule has 20 heavy (non-hydrogen) atoms. The number of hydrogen-bond acceptors (Lipinski definition) is 2. The van der Waals surface area contributed by atoms with Crippen LogP contribution < -0.4 is 5.32 Å². The summed E-state index contributed by atoms with van der Waals surface area (Å²) in [4.78, 5) is 13.2. The van der Waals surface area contributed by atoms with Gasteiger partial charge in [0.2, 0.25) is 5.91 Å². The predicted molar refractivity (Wildman–Crippen MR) is 82.8 cm³/mol. The fourth-order valence-corrected chi connectivity index (χ4v) is 2.85. The third kappa shape index (κ3) is 4.34. The molecule has 0 bridgehead atoms. The van der Waals surface area contributed by atoms with Gasteiger partial charge in [0, 0.05) is 26.1 Å². The van der Waals surface area contributed by atoms with Gasteiger partial charge in [-0.15, -0.1) is 0 Å². The van der Waals surface area contributed by atoms with E-state index >= 15 is 0 Å². The molecule has 2 rings (SSSR count). The van der Waals surface area contributed by atoms with Crippen LogP contribution in [-0.2, 0) is 4.79 Å². The zero-order valence-electron chi connectivity index (χ0n) is 12.6. The second-order valence-electron chi connectivity index (χ2n) is 5.83. The molecule has 1 saturated heterocycles. The maximum absolute atomic E-state index is 11.3. The molecule has 1 aromatic carbocycles. The van der Waals surface area contributed by atoms with Gasteiger partial charge in [0.15, 0.2) is 0 Å². The van der Waals surface area contributed by atoms with Gasteiger partial charge in [-0.2, -0.15) is 0 Å². The van der Waals surface area contributed by atoms with Crippen molar-refractivity contribution in [2.75, 3.05) is 19.6 Å². The average molecular weight is 274 g/mol. The number of nitrogens with zero attached hydrogens (tertiary/aromatic N) is 1.